The van der Waals surface area contributed by atoms with Crippen LogP contribution in [-0.4, -0.2) is 9.13 Å². The molecule has 0 atom stereocenters. The first kappa shape index (κ1) is 30.5. The van der Waals surface area contributed by atoms with Crippen molar-refractivity contribution in [3.8, 4) is 33.6 Å². The molecular weight excluding hydrogens is 685 g/mol. The normalized spacial score (nSPS) is 12.0. The molecule has 3 heterocycles. The third-order valence-electron chi connectivity index (χ3n) is 11.5. The number of hydrogen-bond donors (Lipinski definition) is 0. The summed E-state index contributed by atoms with van der Waals surface area (Å²) in [6, 6.07) is 71.5. The number of aromatic nitrogens is 2. The Morgan fingerprint density at radius 2 is 0.891 bits per heavy atom. The molecule has 0 N–H and O–H groups in total. The number of rotatable bonds is 4. The van der Waals surface area contributed by atoms with Crippen LogP contribution in [-0.2, 0) is 0 Å². The number of benzene rings is 9. The van der Waals surface area contributed by atoms with Crippen LogP contribution < -0.4 is 0 Å². The van der Waals surface area contributed by atoms with E-state index >= 15 is 0 Å². The minimum atomic E-state index is 1.17. The summed E-state index contributed by atoms with van der Waals surface area (Å²) in [7, 11) is 0. The Morgan fingerprint density at radius 3 is 1.69 bits per heavy atom. The van der Waals surface area contributed by atoms with Crippen LogP contribution in [0.4, 0.5) is 0 Å². The highest BCUT2D eigenvalue weighted by Crippen LogP contribution is 2.43. The van der Waals surface area contributed by atoms with Crippen LogP contribution in [0.1, 0.15) is 0 Å². The van der Waals surface area contributed by atoms with E-state index in [0.29, 0.717) is 0 Å². The first-order valence-corrected chi connectivity index (χ1v) is 19.7. The molecule has 0 fully saturated rings. The predicted molar refractivity (Wildman–Crippen MR) is 236 cm³/mol. The molecule has 0 aliphatic carbocycles. The van der Waals surface area contributed by atoms with E-state index in [1.54, 1.807) is 0 Å². The van der Waals surface area contributed by atoms with Gasteiger partial charge in [0.1, 0.15) is 0 Å². The van der Waals surface area contributed by atoms with Gasteiger partial charge >= 0.3 is 0 Å². The summed E-state index contributed by atoms with van der Waals surface area (Å²) in [6.45, 7) is 0. The van der Waals surface area contributed by atoms with Crippen LogP contribution in [0.25, 0.3) is 108 Å². The molecule has 12 aromatic rings. The lowest BCUT2D eigenvalue weighted by Crippen LogP contribution is -1.95. The molecule has 55 heavy (non-hydrogen) atoms. The molecule has 3 aromatic heterocycles. The summed E-state index contributed by atoms with van der Waals surface area (Å²) >= 11 is 1.87. The summed E-state index contributed by atoms with van der Waals surface area (Å²) in [4.78, 5) is 0. The van der Waals surface area contributed by atoms with E-state index in [1.165, 1.54) is 108 Å². The van der Waals surface area contributed by atoms with Crippen molar-refractivity contribution in [2.45, 2.75) is 0 Å². The number of thiophene rings is 1. The van der Waals surface area contributed by atoms with E-state index in [-0.39, 0.29) is 0 Å². The van der Waals surface area contributed by atoms with Gasteiger partial charge in [-0.15, -0.1) is 11.3 Å². The van der Waals surface area contributed by atoms with Crippen LogP contribution in [0.15, 0.2) is 194 Å². The topological polar surface area (TPSA) is 9.86 Å². The Kier molecular flexibility index (Phi) is 6.54. The molecule has 0 saturated carbocycles. The van der Waals surface area contributed by atoms with Gasteiger partial charge in [0.05, 0.1) is 27.8 Å². The molecule has 256 valence electrons. The largest absolute Gasteiger partial charge is 0.309 e. The van der Waals surface area contributed by atoms with Gasteiger partial charge in [0, 0.05) is 47.4 Å². The fourth-order valence-electron chi connectivity index (χ4n) is 8.95. The second-order valence-electron chi connectivity index (χ2n) is 14.5. The molecule has 0 spiro atoms. The van der Waals surface area contributed by atoms with Crippen molar-refractivity contribution in [1.29, 1.82) is 0 Å². The molecule has 0 bridgehead atoms. The van der Waals surface area contributed by atoms with E-state index in [4.69, 9.17) is 0 Å². The maximum atomic E-state index is 2.50. The molecule has 12 rings (SSSR count). The zero-order chi connectivity index (χ0) is 36.0. The highest BCUT2D eigenvalue weighted by molar-refractivity contribution is 7.25. The van der Waals surface area contributed by atoms with E-state index in [2.05, 4.69) is 203 Å². The van der Waals surface area contributed by atoms with Gasteiger partial charge < -0.3 is 9.13 Å². The number of hydrogen-bond acceptors (Lipinski definition) is 1. The first-order chi connectivity index (χ1) is 27.3. The monoisotopic (exact) mass is 716 g/mol. The van der Waals surface area contributed by atoms with Crippen molar-refractivity contribution >= 4 is 85.9 Å². The minimum absolute atomic E-state index is 1.17. The van der Waals surface area contributed by atoms with Crippen molar-refractivity contribution in [3.05, 3.63) is 194 Å². The van der Waals surface area contributed by atoms with Gasteiger partial charge in [-0.25, -0.2) is 0 Å². The molecule has 0 radical (unpaired) electrons. The van der Waals surface area contributed by atoms with Crippen molar-refractivity contribution in [3.63, 3.8) is 0 Å². The number of fused-ring (bicyclic) bond motifs is 10. The molecule has 0 aliphatic heterocycles. The van der Waals surface area contributed by atoms with Crippen molar-refractivity contribution in [2.24, 2.45) is 0 Å². The molecule has 0 saturated heterocycles. The Labute approximate surface area is 321 Å². The summed E-state index contributed by atoms with van der Waals surface area (Å²) in [6.07, 6.45) is 0. The van der Waals surface area contributed by atoms with Gasteiger partial charge in [-0.1, -0.05) is 121 Å². The summed E-state index contributed by atoms with van der Waals surface area (Å²) in [5, 5.41) is 10.1. The van der Waals surface area contributed by atoms with E-state index in [1.807, 2.05) is 11.3 Å². The van der Waals surface area contributed by atoms with Gasteiger partial charge in [-0.05, 0) is 106 Å². The maximum Gasteiger partial charge on any atom is 0.0555 e. The molecule has 9 aromatic carbocycles. The quantitative estimate of drug-likeness (QED) is 0.172. The third kappa shape index (κ3) is 4.60. The zero-order valence-electron chi connectivity index (χ0n) is 29.8. The van der Waals surface area contributed by atoms with Crippen molar-refractivity contribution in [1.82, 2.24) is 9.13 Å². The molecule has 0 aliphatic rings. The van der Waals surface area contributed by atoms with Crippen LogP contribution >= 0.6 is 11.3 Å². The van der Waals surface area contributed by atoms with E-state index in [9.17, 15) is 0 Å². The second-order valence-corrected chi connectivity index (χ2v) is 15.6. The third-order valence-corrected chi connectivity index (χ3v) is 12.6. The fraction of sp³-hybridized carbons (Fsp3) is 0. The average Bonchev–Trinajstić information content (AvgIpc) is 3.90. The number of para-hydroxylation sites is 1. The highest BCUT2D eigenvalue weighted by Gasteiger charge is 2.19. The lowest BCUT2D eigenvalue weighted by molar-refractivity contribution is 1.18. The van der Waals surface area contributed by atoms with Gasteiger partial charge in [0.25, 0.3) is 0 Å². The lowest BCUT2D eigenvalue weighted by atomic mass is 9.99. The molecule has 0 unspecified atom stereocenters. The second kappa shape index (κ2) is 11.8. The lowest BCUT2D eigenvalue weighted by Gasteiger charge is -2.12. The molecule has 2 nitrogen and oxygen atoms in total. The van der Waals surface area contributed by atoms with Crippen LogP contribution in [0.3, 0.4) is 0 Å². The molecule has 0 amide bonds. The predicted octanol–water partition coefficient (Wildman–Crippen LogP) is 14.7. The van der Waals surface area contributed by atoms with Gasteiger partial charge in [0.15, 0.2) is 0 Å². The summed E-state index contributed by atoms with van der Waals surface area (Å²) in [5.74, 6) is 0. The standard InChI is InChI=1S/C52H32N2S/c1-3-12-33(13-4-1)38-22-25-40-42-29-36(24-27-46(42)54(48(40)32-38)47-19-11-21-51-52(47)41-18-9-10-20-50(41)55-51)37-23-26-45-43(30-37)44-28-34-14-7-8-15-35(34)31-49(44)53(45)39-16-5-2-6-17-39/h1-32H. The number of nitrogens with zero attached hydrogens (tertiary/aromatic N) is 2. The fourth-order valence-corrected chi connectivity index (χ4v) is 10.1. The van der Waals surface area contributed by atoms with Crippen molar-refractivity contribution in [2.75, 3.05) is 0 Å². The van der Waals surface area contributed by atoms with E-state index in [0.717, 1.165) is 0 Å². The molecule has 3 heteroatoms. The zero-order valence-corrected chi connectivity index (χ0v) is 30.6. The Bertz CT molecular complexity index is 3470. The Balaban J connectivity index is 1.12. The molecular formula is C52H32N2S. The first-order valence-electron chi connectivity index (χ1n) is 18.8. The minimum Gasteiger partial charge on any atom is -0.309 e. The van der Waals surface area contributed by atoms with Gasteiger partial charge in [-0.2, -0.15) is 0 Å². The Hall–Kier alpha value is -6.94. The van der Waals surface area contributed by atoms with Crippen LogP contribution in [0.2, 0.25) is 0 Å². The Morgan fingerprint density at radius 1 is 0.309 bits per heavy atom. The van der Waals surface area contributed by atoms with Crippen molar-refractivity contribution < 1.29 is 0 Å². The maximum absolute atomic E-state index is 2.50. The van der Waals surface area contributed by atoms with Crippen LogP contribution in [0, 0.1) is 0 Å². The average molecular weight is 717 g/mol. The smallest absolute Gasteiger partial charge is 0.0555 e. The van der Waals surface area contributed by atoms with E-state index < -0.39 is 0 Å². The summed E-state index contributed by atoms with van der Waals surface area (Å²) < 4.78 is 7.54. The van der Waals surface area contributed by atoms with Gasteiger partial charge in [0.2, 0.25) is 0 Å². The summed E-state index contributed by atoms with van der Waals surface area (Å²) in [5.41, 5.74) is 12.1. The highest BCUT2D eigenvalue weighted by atomic mass is 32.1. The van der Waals surface area contributed by atoms with Crippen LogP contribution in [0.5, 0.6) is 0 Å². The van der Waals surface area contributed by atoms with Gasteiger partial charge in [-0.3, -0.25) is 0 Å². The SMILES string of the molecule is c1ccc(-c2ccc3c4cc(-c5ccc6c(c5)c5cc7ccccc7cc5n6-c5ccccc5)ccc4n(-c4cccc5sc6ccccc6c45)c3c2)cc1.